The summed E-state index contributed by atoms with van der Waals surface area (Å²) in [6, 6.07) is 2.36. The molecule has 3 aromatic heterocycles. The number of aromatic nitrogens is 5. The summed E-state index contributed by atoms with van der Waals surface area (Å²) in [5, 5.41) is 9.82. The predicted molar refractivity (Wildman–Crippen MR) is 130 cm³/mol. The summed E-state index contributed by atoms with van der Waals surface area (Å²) in [5.74, 6) is -0.633. The zero-order chi connectivity index (χ0) is 26.1. The van der Waals surface area contributed by atoms with Crippen molar-refractivity contribution in [2.45, 2.75) is 51.1 Å². The number of halogens is 7. The normalized spacial score (nSPS) is 12.6. The fraction of sp³-hybridized carbons (Fsp3) is 0.429. The van der Waals surface area contributed by atoms with Gasteiger partial charge in [0.25, 0.3) is 0 Å². The number of pyridine rings is 1. The van der Waals surface area contributed by atoms with Crippen LogP contribution in [0, 0.1) is 0 Å². The lowest BCUT2D eigenvalue weighted by molar-refractivity contribution is -0.141. The molecular formula is C21H26Cl2F5N7O2. The number of aryl methyl sites for hydroxylation is 1. The van der Waals surface area contributed by atoms with Gasteiger partial charge in [0, 0.05) is 31.1 Å². The van der Waals surface area contributed by atoms with Gasteiger partial charge in [0.15, 0.2) is 5.69 Å². The second kappa shape index (κ2) is 12.0. The lowest BCUT2D eigenvalue weighted by Crippen LogP contribution is -2.53. The molecule has 16 heteroatoms. The average Bonchev–Trinajstić information content (AvgIpc) is 3.36. The number of amides is 1. The van der Waals surface area contributed by atoms with Crippen molar-refractivity contribution in [2.75, 3.05) is 0 Å². The topological polar surface area (TPSA) is 113 Å². The van der Waals surface area contributed by atoms with E-state index < -0.39 is 35.9 Å². The van der Waals surface area contributed by atoms with E-state index in [1.807, 2.05) is 0 Å². The van der Waals surface area contributed by atoms with Gasteiger partial charge < -0.3 is 15.6 Å². The molecule has 0 aliphatic carbocycles. The van der Waals surface area contributed by atoms with Crippen LogP contribution in [0.15, 0.2) is 41.6 Å². The molecule has 0 bridgehead atoms. The summed E-state index contributed by atoms with van der Waals surface area (Å²) in [4.78, 5) is 24.3. The van der Waals surface area contributed by atoms with Crippen LogP contribution in [0.1, 0.15) is 31.7 Å². The molecule has 3 N–H and O–H groups in total. The van der Waals surface area contributed by atoms with Gasteiger partial charge in [0.2, 0.25) is 11.5 Å². The standard InChI is InChI=1S/C21H24F5N7O2.2ClH/c1-20(2,29-18(35)14(27)6-12-8-28-32(9-12)19(22)23)11-33-15(7-16(30-33)21(24,25)26)13-4-5-17(34)31(3)10-13;;/h4-5,7-10,14,19H,6,11,27H2,1-3H3,(H,29,35);2*1H/t14-;;/m1../s1. The first-order chi connectivity index (χ1) is 16.2. The Kier molecular flexibility index (Phi) is 10.4. The molecule has 0 fully saturated rings. The molecule has 3 rings (SSSR count). The number of nitrogens with two attached hydrogens (primary N) is 1. The first kappa shape index (κ1) is 32.1. The van der Waals surface area contributed by atoms with Crippen LogP contribution in [-0.2, 0) is 31.0 Å². The SMILES string of the molecule is Cl.Cl.Cn1cc(-c2cc(C(F)(F)F)nn2CC(C)(C)NC(=O)[C@H](N)Cc2cnn(C(F)F)c2)ccc1=O. The zero-order valence-electron chi connectivity index (χ0n) is 19.9. The largest absolute Gasteiger partial charge is 0.435 e. The van der Waals surface area contributed by atoms with Gasteiger partial charge in [-0.3, -0.25) is 14.3 Å². The van der Waals surface area contributed by atoms with Crippen molar-refractivity contribution in [2.24, 2.45) is 12.8 Å². The molecule has 1 amide bonds. The fourth-order valence-corrected chi connectivity index (χ4v) is 3.43. The van der Waals surface area contributed by atoms with Crippen molar-refractivity contribution in [3.05, 3.63) is 58.4 Å². The van der Waals surface area contributed by atoms with Gasteiger partial charge in [-0.05, 0) is 38.0 Å². The van der Waals surface area contributed by atoms with Crippen LogP contribution in [0.2, 0.25) is 0 Å². The quantitative estimate of drug-likeness (QED) is 0.402. The molecule has 1 atom stereocenters. The Morgan fingerprint density at radius 3 is 2.35 bits per heavy atom. The number of rotatable bonds is 8. The Hall–Kier alpha value is -2.97. The number of hydrogen-bond acceptors (Lipinski definition) is 5. The van der Waals surface area contributed by atoms with Gasteiger partial charge in [-0.1, -0.05) is 0 Å². The zero-order valence-corrected chi connectivity index (χ0v) is 21.5. The Balaban J connectivity index is 0.00000342. The number of alkyl halides is 5. The highest BCUT2D eigenvalue weighted by molar-refractivity contribution is 5.85. The monoisotopic (exact) mass is 573 g/mol. The molecule has 0 unspecified atom stereocenters. The van der Waals surface area contributed by atoms with E-state index in [2.05, 4.69) is 15.5 Å². The van der Waals surface area contributed by atoms with Crippen molar-refractivity contribution in [1.29, 1.82) is 0 Å². The van der Waals surface area contributed by atoms with Crippen molar-refractivity contribution < 1.29 is 26.7 Å². The van der Waals surface area contributed by atoms with Crippen LogP contribution in [-0.4, -0.2) is 41.6 Å². The van der Waals surface area contributed by atoms with Gasteiger partial charge in [-0.25, -0.2) is 4.68 Å². The molecule has 37 heavy (non-hydrogen) atoms. The number of nitrogens with zero attached hydrogens (tertiary/aromatic N) is 5. The third kappa shape index (κ3) is 8.01. The van der Waals surface area contributed by atoms with Crippen LogP contribution in [0.3, 0.4) is 0 Å². The van der Waals surface area contributed by atoms with E-state index in [1.54, 1.807) is 13.8 Å². The summed E-state index contributed by atoms with van der Waals surface area (Å²) in [7, 11) is 1.47. The van der Waals surface area contributed by atoms with Crippen LogP contribution in [0.4, 0.5) is 22.0 Å². The predicted octanol–water partition coefficient (Wildman–Crippen LogP) is 3.17. The Bertz CT molecular complexity index is 1270. The average molecular weight is 574 g/mol. The van der Waals surface area contributed by atoms with Gasteiger partial charge in [-0.2, -0.15) is 32.1 Å². The van der Waals surface area contributed by atoms with Crippen LogP contribution >= 0.6 is 24.8 Å². The number of hydrogen-bond donors (Lipinski definition) is 2. The van der Waals surface area contributed by atoms with Gasteiger partial charge in [-0.15, -0.1) is 24.8 Å². The maximum atomic E-state index is 13.4. The summed E-state index contributed by atoms with van der Waals surface area (Å²) in [5.41, 5.74) is 4.08. The fourth-order valence-electron chi connectivity index (χ4n) is 3.43. The molecule has 9 nitrogen and oxygen atoms in total. The molecule has 0 aliphatic rings. The molecule has 3 aromatic rings. The van der Waals surface area contributed by atoms with E-state index >= 15 is 0 Å². The van der Waals surface area contributed by atoms with E-state index in [1.165, 1.54) is 36.1 Å². The highest BCUT2D eigenvalue weighted by Crippen LogP contribution is 2.32. The van der Waals surface area contributed by atoms with E-state index in [9.17, 15) is 31.5 Å². The molecule has 0 saturated carbocycles. The minimum absolute atomic E-state index is 0. The van der Waals surface area contributed by atoms with Crippen molar-refractivity contribution in [3.63, 3.8) is 0 Å². The Morgan fingerprint density at radius 2 is 1.81 bits per heavy atom. The molecule has 0 spiro atoms. The van der Waals surface area contributed by atoms with E-state index in [4.69, 9.17) is 5.73 Å². The third-order valence-electron chi connectivity index (χ3n) is 5.11. The first-order valence-electron chi connectivity index (χ1n) is 10.4. The molecule has 3 heterocycles. The maximum absolute atomic E-state index is 13.4. The molecule has 0 radical (unpaired) electrons. The second-order valence-corrected chi connectivity index (χ2v) is 8.73. The third-order valence-corrected chi connectivity index (χ3v) is 5.11. The summed E-state index contributed by atoms with van der Waals surface area (Å²) >= 11 is 0. The first-order valence-corrected chi connectivity index (χ1v) is 10.4. The highest BCUT2D eigenvalue weighted by atomic mass is 35.5. The van der Waals surface area contributed by atoms with Crippen LogP contribution in [0.5, 0.6) is 0 Å². The molecule has 0 saturated heterocycles. The lowest BCUT2D eigenvalue weighted by atomic mass is 10.0. The minimum Gasteiger partial charge on any atom is -0.348 e. The number of carbonyl (C=O) groups is 1. The van der Waals surface area contributed by atoms with Crippen molar-refractivity contribution in [3.8, 4) is 11.3 Å². The highest BCUT2D eigenvalue weighted by Gasteiger charge is 2.36. The second-order valence-electron chi connectivity index (χ2n) is 8.73. The van der Waals surface area contributed by atoms with Gasteiger partial charge >= 0.3 is 12.7 Å². The molecule has 0 aromatic carbocycles. The Morgan fingerprint density at radius 1 is 1.16 bits per heavy atom. The Labute approximate surface area is 220 Å². The molecule has 0 aliphatic heterocycles. The lowest BCUT2D eigenvalue weighted by Gasteiger charge is -2.28. The summed E-state index contributed by atoms with van der Waals surface area (Å²) < 4.78 is 68.2. The van der Waals surface area contributed by atoms with Crippen LogP contribution in [0.25, 0.3) is 11.3 Å². The van der Waals surface area contributed by atoms with Crippen LogP contribution < -0.4 is 16.6 Å². The van der Waals surface area contributed by atoms with E-state index in [0.29, 0.717) is 15.8 Å². The van der Waals surface area contributed by atoms with E-state index in [-0.39, 0.29) is 49.0 Å². The molecule has 206 valence electrons. The van der Waals surface area contributed by atoms with Crippen molar-refractivity contribution >= 4 is 30.7 Å². The maximum Gasteiger partial charge on any atom is 0.435 e. The summed E-state index contributed by atoms with van der Waals surface area (Å²) in [6.45, 7) is 0.158. The minimum atomic E-state index is -4.71. The van der Waals surface area contributed by atoms with E-state index in [0.717, 1.165) is 16.9 Å². The smallest absolute Gasteiger partial charge is 0.348 e. The van der Waals surface area contributed by atoms with Crippen molar-refractivity contribution in [1.82, 2.24) is 29.4 Å². The van der Waals surface area contributed by atoms with Gasteiger partial charge in [0.05, 0.1) is 30.0 Å². The summed E-state index contributed by atoms with van der Waals surface area (Å²) in [6.07, 6.45) is -1.15. The number of nitrogens with one attached hydrogen (secondary N) is 1. The van der Waals surface area contributed by atoms with Gasteiger partial charge in [0.1, 0.15) is 0 Å². The number of carbonyl (C=O) groups excluding carboxylic acids is 1. The molecular weight excluding hydrogens is 548 g/mol.